The number of nitrogens with zero attached hydrogens (tertiary/aromatic N) is 2. The number of carbonyl (C=O) groups is 1. The number of ketones is 1. The smallest absolute Gasteiger partial charge is 0.182 e. The van der Waals surface area contributed by atoms with Gasteiger partial charge in [0.2, 0.25) is 0 Å². The number of aromatic nitrogens is 2. The lowest BCUT2D eigenvalue weighted by Crippen LogP contribution is -2.09. The van der Waals surface area contributed by atoms with Crippen LogP contribution in [0.3, 0.4) is 0 Å². The molecule has 3 rings (SSSR count). The van der Waals surface area contributed by atoms with E-state index < -0.39 is 0 Å². The van der Waals surface area contributed by atoms with Crippen LogP contribution in [0, 0.1) is 20.8 Å². The lowest BCUT2D eigenvalue weighted by molar-refractivity contribution is 0.0973. The third-order valence-electron chi connectivity index (χ3n) is 3.92. The normalized spacial score (nSPS) is 11.0. The Hall–Kier alpha value is -2.42. The monoisotopic (exact) mass is 278 g/mol. The molecule has 0 amide bonds. The largest absolute Gasteiger partial charge is 0.323 e. The molecule has 0 aliphatic rings. The summed E-state index contributed by atoms with van der Waals surface area (Å²) < 4.78 is 1.92. The Labute approximate surface area is 124 Å². The van der Waals surface area contributed by atoms with E-state index in [9.17, 15) is 4.79 Å². The Morgan fingerprint density at radius 3 is 2.43 bits per heavy atom. The molecule has 1 aromatic heterocycles. The maximum absolute atomic E-state index is 12.4. The summed E-state index contributed by atoms with van der Waals surface area (Å²) in [5, 5.41) is 0. The first-order valence-electron chi connectivity index (χ1n) is 7.06. The highest BCUT2D eigenvalue weighted by molar-refractivity contribution is 5.96. The van der Waals surface area contributed by atoms with Gasteiger partial charge in [-0.05, 0) is 44.0 Å². The van der Waals surface area contributed by atoms with E-state index in [1.54, 1.807) is 6.33 Å². The molecule has 21 heavy (non-hydrogen) atoms. The predicted octanol–water partition coefficient (Wildman–Crippen LogP) is 3.84. The second-order valence-corrected chi connectivity index (χ2v) is 5.59. The minimum Gasteiger partial charge on any atom is -0.323 e. The van der Waals surface area contributed by atoms with E-state index in [0.717, 1.165) is 22.2 Å². The summed E-state index contributed by atoms with van der Waals surface area (Å²) >= 11 is 0. The van der Waals surface area contributed by atoms with Crippen LogP contribution >= 0.6 is 0 Å². The fourth-order valence-electron chi connectivity index (χ4n) is 2.42. The van der Waals surface area contributed by atoms with Crippen molar-refractivity contribution in [2.24, 2.45) is 0 Å². The van der Waals surface area contributed by atoms with Gasteiger partial charge in [-0.2, -0.15) is 0 Å². The topological polar surface area (TPSA) is 34.9 Å². The van der Waals surface area contributed by atoms with Crippen LogP contribution < -0.4 is 0 Å². The van der Waals surface area contributed by atoms with Gasteiger partial charge in [0, 0.05) is 5.56 Å². The van der Waals surface area contributed by atoms with Gasteiger partial charge in [-0.25, -0.2) is 4.98 Å². The zero-order chi connectivity index (χ0) is 15.0. The molecule has 0 saturated carbocycles. The van der Waals surface area contributed by atoms with E-state index in [1.165, 1.54) is 11.1 Å². The molecule has 106 valence electrons. The number of imidazole rings is 1. The molecule has 0 saturated heterocycles. The Morgan fingerprint density at radius 1 is 1.05 bits per heavy atom. The second kappa shape index (κ2) is 5.17. The van der Waals surface area contributed by atoms with Crippen molar-refractivity contribution in [3.05, 3.63) is 65.0 Å². The summed E-state index contributed by atoms with van der Waals surface area (Å²) in [7, 11) is 0. The number of rotatable bonds is 3. The lowest BCUT2D eigenvalue weighted by atomic mass is 10.1. The van der Waals surface area contributed by atoms with Crippen molar-refractivity contribution in [1.29, 1.82) is 0 Å². The molecule has 0 unspecified atom stereocenters. The number of hydrogen-bond acceptors (Lipinski definition) is 2. The Bertz CT molecular complexity index is 813. The fraction of sp³-hybridized carbons (Fsp3) is 0.222. The molecular formula is C18H18N2O. The van der Waals surface area contributed by atoms with Gasteiger partial charge in [0.05, 0.1) is 23.9 Å². The molecule has 3 nitrogen and oxygen atoms in total. The fourth-order valence-corrected chi connectivity index (χ4v) is 2.42. The summed E-state index contributed by atoms with van der Waals surface area (Å²) in [6, 6.07) is 11.9. The summed E-state index contributed by atoms with van der Waals surface area (Å²) in [4.78, 5) is 16.8. The van der Waals surface area contributed by atoms with Gasteiger partial charge in [-0.3, -0.25) is 4.79 Å². The minimum atomic E-state index is 0.104. The van der Waals surface area contributed by atoms with Gasteiger partial charge >= 0.3 is 0 Å². The van der Waals surface area contributed by atoms with E-state index in [0.29, 0.717) is 6.54 Å². The molecule has 0 bridgehead atoms. The molecule has 3 aromatic rings. The van der Waals surface area contributed by atoms with Crippen molar-refractivity contribution in [1.82, 2.24) is 9.55 Å². The average molecular weight is 278 g/mol. The van der Waals surface area contributed by atoms with Gasteiger partial charge < -0.3 is 4.57 Å². The first kappa shape index (κ1) is 13.6. The lowest BCUT2D eigenvalue weighted by Gasteiger charge is -2.06. The minimum absolute atomic E-state index is 0.104. The molecule has 0 radical (unpaired) electrons. The first-order chi connectivity index (χ1) is 10.0. The van der Waals surface area contributed by atoms with Crippen LogP contribution in [-0.2, 0) is 6.54 Å². The zero-order valence-electron chi connectivity index (χ0n) is 12.6. The van der Waals surface area contributed by atoms with Crippen LogP contribution in [0.1, 0.15) is 27.0 Å². The van der Waals surface area contributed by atoms with E-state index >= 15 is 0 Å². The third kappa shape index (κ3) is 2.59. The Kier molecular flexibility index (Phi) is 3.34. The SMILES string of the molecule is Cc1ccc(C(=O)Cn2cnc3cc(C)c(C)cc32)cc1. The predicted molar refractivity (Wildman–Crippen MR) is 84.7 cm³/mol. The maximum atomic E-state index is 12.4. The molecule has 0 aliphatic heterocycles. The van der Waals surface area contributed by atoms with Gasteiger partial charge in [-0.15, -0.1) is 0 Å². The highest BCUT2D eigenvalue weighted by Crippen LogP contribution is 2.19. The summed E-state index contributed by atoms with van der Waals surface area (Å²) in [6.45, 7) is 6.49. The van der Waals surface area contributed by atoms with E-state index in [1.807, 2.05) is 35.8 Å². The van der Waals surface area contributed by atoms with Crippen molar-refractivity contribution in [2.45, 2.75) is 27.3 Å². The Morgan fingerprint density at radius 2 is 1.71 bits per heavy atom. The van der Waals surface area contributed by atoms with Crippen molar-refractivity contribution >= 4 is 16.8 Å². The second-order valence-electron chi connectivity index (χ2n) is 5.59. The summed E-state index contributed by atoms with van der Waals surface area (Å²) in [5.41, 5.74) is 6.29. The average Bonchev–Trinajstić information content (AvgIpc) is 2.82. The quantitative estimate of drug-likeness (QED) is 0.682. The van der Waals surface area contributed by atoms with Gasteiger partial charge in [-0.1, -0.05) is 29.8 Å². The number of carbonyl (C=O) groups excluding carboxylic acids is 1. The molecule has 2 aromatic carbocycles. The summed E-state index contributed by atoms with van der Waals surface area (Å²) in [5.74, 6) is 0.104. The maximum Gasteiger partial charge on any atom is 0.182 e. The van der Waals surface area contributed by atoms with Crippen LogP contribution in [-0.4, -0.2) is 15.3 Å². The number of Topliss-reactive ketones (excluding diaryl/α,β-unsaturated/α-hetero) is 1. The number of fused-ring (bicyclic) bond motifs is 1. The molecule has 3 heteroatoms. The third-order valence-corrected chi connectivity index (χ3v) is 3.92. The molecular weight excluding hydrogens is 260 g/mol. The molecule has 0 aliphatic carbocycles. The van der Waals surface area contributed by atoms with Crippen molar-refractivity contribution in [3.8, 4) is 0 Å². The van der Waals surface area contributed by atoms with Gasteiger partial charge in [0.15, 0.2) is 5.78 Å². The number of benzene rings is 2. The van der Waals surface area contributed by atoms with Crippen LogP contribution in [0.4, 0.5) is 0 Å². The van der Waals surface area contributed by atoms with Crippen molar-refractivity contribution in [3.63, 3.8) is 0 Å². The molecule has 1 heterocycles. The van der Waals surface area contributed by atoms with E-state index in [2.05, 4.69) is 31.0 Å². The standard InChI is InChI=1S/C18H18N2O/c1-12-4-6-15(7-5-12)18(21)10-20-11-19-16-8-13(2)14(3)9-17(16)20/h4-9,11H,10H2,1-3H3. The van der Waals surface area contributed by atoms with Crippen LogP contribution in [0.25, 0.3) is 11.0 Å². The van der Waals surface area contributed by atoms with Gasteiger partial charge in [0.1, 0.15) is 0 Å². The van der Waals surface area contributed by atoms with Crippen molar-refractivity contribution < 1.29 is 4.79 Å². The number of hydrogen-bond donors (Lipinski definition) is 0. The summed E-state index contributed by atoms with van der Waals surface area (Å²) in [6.07, 6.45) is 1.75. The highest BCUT2D eigenvalue weighted by atomic mass is 16.1. The van der Waals surface area contributed by atoms with E-state index in [4.69, 9.17) is 0 Å². The zero-order valence-corrected chi connectivity index (χ0v) is 12.6. The Balaban J connectivity index is 1.93. The van der Waals surface area contributed by atoms with Crippen molar-refractivity contribution in [2.75, 3.05) is 0 Å². The molecule has 0 fully saturated rings. The van der Waals surface area contributed by atoms with Crippen LogP contribution in [0.15, 0.2) is 42.7 Å². The van der Waals surface area contributed by atoms with E-state index in [-0.39, 0.29) is 5.78 Å². The van der Waals surface area contributed by atoms with Gasteiger partial charge in [0.25, 0.3) is 0 Å². The molecule has 0 N–H and O–H groups in total. The molecule has 0 spiro atoms. The first-order valence-corrected chi connectivity index (χ1v) is 7.06. The molecule has 0 atom stereocenters. The number of aryl methyl sites for hydroxylation is 3. The van der Waals surface area contributed by atoms with Crippen LogP contribution in [0.2, 0.25) is 0 Å². The van der Waals surface area contributed by atoms with Crippen LogP contribution in [0.5, 0.6) is 0 Å². The highest BCUT2D eigenvalue weighted by Gasteiger charge is 2.10.